The van der Waals surface area contributed by atoms with Crippen LogP contribution in [0.2, 0.25) is 0 Å². The molecule has 0 bridgehead atoms. The van der Waals surface area contributed by atoms with Crippen LogP contribution in [0.5, 0.6) is 0 Å². The monoisotopic (exact) mass is 786 g/mol. The Balaban J connectivity index is 1.13. The van der Waals surface area contributed by atoms with E-state index in [0.29, 0.717) is 11.7 Å². The van der Waals surface area contributed by atoms with Crippen molar-refractivity contribution in [2.24, 2.45) is 10.9 Å². The Kier molecular flexibility index (Phi) is 9.00. The molecule has 1 aliphatic heterocycles. The van der Waals surface area contributed by atoms with Gasteiger partial charge in [0.1, 0.15) is 0 Å². The highest BCUT2D eigenvalue weighted by molar-refractivity contribution is 6.25. The topological polar surface area (TPSA) is 76.8 Å². The summed E-state index contributed by atoms with van der Waals surface area (Å²) in [7, 11) is 0. The Labute approximate surface area is 354 Å². The van der Waals surface area contributed by atoms with Gasteiger partial charge >= 0.3 is 0 Å². The first-order chi connectivity index (χ1) is 30.0. The molecule has 6 nitrogen and oxygen atoms in total. The molecule has 5 aromatic carbocycles. The third kappa shape index (κ3) is 6.34. The highest BCUT2D eigenvalue weighted by Gasteiger charge is 2.24. The molecule has 0 amide bonds. The first kappa shape index (κ1) is 36.6. The summed E-state index contributed by atoms with van der Waals surface area (Å²) in [5.74, 6) is 1.07. The predicted molar refractivity (Wildman–Crippen MR) is 253 cm³/mol. The number of rotatable bonds is 6. The fourth-order valence-corrected chi connectivity index (χ4v) is 9.44. The lowest BCUT2D eigenvalue weighted by atomic mass is 9.85. The van der Waals surface area contributed by atoms with Crippen LogP contribution >= 0.6 is 0 Å². The smallest absolute Gasteiger partial charge is 0.160 e. The average molecular weight is 787 g/mol. The van der Waals surface area contributed by atoms with Crippen LogP contribution in [0.25, 0.3) is 99.5 Å². The number of hydrogen-bond donors (Lipinski definition) is 0. The number of nitrogens with zero attached hydrogens (tertiary/aromatic N) is 6. The number of pyridine rings is 3. The predicted octanol–water partition coefficient (Wildman–Crippen LogP) is 13.7. The third-order valence-electron chi connectivity index (χ3n) is 12.5. The summed E-state index contributed by atoms with van der Waals surface area (Å²) in [6, 6.07) is 40.5. The van der Waals surface area contributed by atoms with Gasteiger partial charge < -0.3 is 0 Å². The van der Waals surface area contributed by atoms with Crippen LogP contribution in [-0.4, -0.2) is 31.1 Å². The standard InChI is InChI=1S/C55H42N6/c1-33-14-7-8-21-42(33)48-30-46(36-15-5-4-6-16-36)60-55(61-48)39-18-11-17-37(28-39)38-24-25-44-47(29-38)59-54(41-20-13-27-57-32-41)52-34(2)49-43-22-9-10-23-45(43)58-53(40-19-12-26-56-31-40)51(49)35(3)50(44)52/h4-11,13,15-18,20-33H,12,14,19H2,1-3H3. The van der Waals surface area contributed by atoms with Crippen molar-refractivity contribution in [3.05, 3.63) is 175 Å². The first-order valence-electron chi connectivity index (χ1n) is 21.1. The quantitative estimate of drug-likeness (QED) is 0.124. The molecule has 6 heteroatoms. The van der Waals surface area contributed by atoms with Crippen LogP contribution in [0.4, 0.5) is 0 Å². The molecule has 292 valence electrons. The maximum atomic E-state index is 5.53. The van der Waals surface area contributed by atoms with Crippen molar-refractivity contribution in [1.82, 2.24) is 24.9 Å². The van der Waals surface area contributed by atoms with E-state index in [2.05, 4.69) is 152 Å². The van der Waals surface area contributed by atoms with Gasteiger partial charge in [-0.15, -0.1) is 0 Å². The summed E-state index contributed by atoms with van der Waals surface area (Å²) in [6.45, 7) is 6.78. The van der Waals surface area contributed by atoms with Gasteiger partial charge in [0.15, 0.2) is 5.82 Å². The van der Waals surface area contributed by atoms with Crippen molar-refractivity contribution < 1.29 is 0 Å². The molecule has 1 aliphatic carbocycles. The molecule has 0 radical (unpaired) electrons. The summed E-state index contributed by atoms with van der Waals surface area (Å²) in [5.41, 5.74) is 15.7. The Morgan fingerprint density at radius 1 is 0.574 bits per heavy atom. The summed E-state index contributed by atoms with van der Waals surface area (Å²) in [5, 5.41) is 6.97. The lowest BCUT2D eigenvalue weighted by molar-refractivity contribution is 0.754. The molecular formula is C55H42N6. The van der Waals surface area contributed by atoms with E-state index in [9.17, 15) is 0 Å². The SMILES string of the molecule is Cc1c2c(-c3cccnc3)nc3cc(-c4cccc(-c5nc(C6=CC=CCC6C)cc(-c6ccccc6)n5)c4)ccc3c2c(C)c2c(C3=CN=CCC3)nc3ccccc3c12. The molecule has 2 aliphatic rings. The number of benzene rings is 5. The van der Waals surface area contributed by atoms with Gasteiger partial charge in [-0.25, -0.2) is 19.9 Å². The lowest BCUT2D eigenvalue weighted by Gasteiger charge is -2.22. The molecule has 0 fully saturated rings. The Hall–Kier alpha value is -7.44. The second kappa shape index (κ2) is 15.0. The zero-order chi connectivity index (χ0) is 41.0. The molecule has 9 aromatic rings. The van der Waals surface area contributed by atoms with Crippen molar-refractivity contribution >= 4 is 60.7 Å². The number of aliphatic imine (C=N–C) groups is 1. The van der Waals surface area contributed by atoms with Gasteiger partial charge in [-0.1, -0.05) is 104 Å². The molecule has 0 spiro atoms. The first-order valence-corrected chi connectivity index (χ1v) is 21.1. The van der Waals surface area contributed by atoms with Gasteiger partial charge in [0, 0.05) is 63.0 Å². The fourth-order valence-electron chi connectivity index (χ4n) is 9.44. The zero-order valence-electron chi connectivity index (χ0n) is 34.4. The van der Waals surface area contributed by atoms with Crippen molar-refractivity contribution in [2.75, 3.05) is 0 Å². The Morgan fingerprint density at radius 2 is 1.30 bits per heavy atom. The molecule has 0 N–H and O–H groups in total. The third-order valence-corrected chi connectivity index (χ3v) is 12.5. The minimum absolute atomic E-state index is 0.367. The van der Waals surface area contributed by atoms with E-state index in [1.165, 1.54) is 38.4 Å². The second-order valence-electron chi connectivity index (χ2n) is 16.3. The average Bonchev–Trinajstić information content (AvgIpc) is 3.32. The lowest BCUT2D eigenvalue weighted by Crippen LogP contribution is -2.05. The molecule has 0 saturated heterocycles. The van der Waals surface area contributed by atoms with Crippen LogP contribution in [0.15, 0.2) is 157 Å². The van der Waals surface area contributed by atoms with Crippen molar-refractivity contribution in [3.63, 3.8) is 0 Å². The number of para-hydroxylation sites is 1. The van der Waals surface area contributed by atoms with Crippen molar-refractivity contribution in [2.45, 2.75) is 40.0 Å². The normalized spacial score (nSPS) is 15.2. The number of aromatic nitrogens is 5. The van der Waals surface area contributed by atoms with E-state index in [1.54, 1.807) is 0 Å². The summed E-state index contributed by atoms with van der Waals surface area (Å²) < 4.78 is 0. The highest BCUT2D eigenvalue weighted by atomic mass is 14.9. The van der Waals surface area contributed by atoms with E-state index >= 15 is 0 Å². The van der Waals surface area contributed by atoms with Crippen molar-refractivity contribution in [1.29, 1.82) is 0 Å². The molecule has 11 rings (SSSR count). The van der Waals surface area contributed by atoms with Gasteiger partial charge in [0.05, 0.1) is 33.8 Å². The van der Waals surface area contributed by atoms with Crippen LogP contribution in [0, 0.1) is 19.8 Å². The van der Waals surface area contributed by atoms with Crippen LogP contribution in [0.3, 0.4) is 0 Å². The van der Waals surface area contributed by atoms with Gasteiger partial charge in [-0.2, -0.15) is 0 Å². The van der Waals surface area contributed by atoms with Crippen LogP contribution in [0.1, 0.15) is 48.7 Å². The molecular weight excluding hydrogens is 745 g/mol. The van der Waals surface area contributed by atoms with Gasteiger partial charge in [-0.3, -0.25) is 9.98 Å². The molecule has 61 heavy (non-hydrogen) atoms. The zero-order valence-corrected chi connectivity index (χ0v) is 34.4. The molecule has 5 heterocycles. The number of fused-ring (bicyclic) bond motifs is 6. The minimum atomic E-state index is 0.367. The molecule has 4 aromatic heterocycles. The van der Waals surface area contributed by atoms with E-state index in [-0.39, 0.29) is 0 Å². The van der Waals surface area contributed by atoms with Gasteiger partial charge in [0.25, 0.3) is 0 Å². The molecule has 1 atom stereocenters. The molecule has 1 unspecified atom stereocenters. The summed E-state index contributed by atoms with van der Waals surface area (Å²) in [6.07, 6.45) is 17.1. The van der Waals surface area contributed by atoms with Crippen molar-refractivity contribution in [3.8, 4) is 45.0 Å². The maximum absolute atomic E-state index is 5.53. The van der Waals surface area contributed by atoms with E-state index < -0.39 is 0 Å². The Bertz CT molecular complexity index is 3360. The number of hydrogen-bond acceptors (Lipinski definition) is 6. The van der Waals surface area contributed by atoms with E-state index in [0.717, 1.165) is 97.0 Å². The minimum Gasteiger partial charge on any atom is -0.269 e. The van der Waals surface area contributed by atoms with Crippen LogP contribution < -0.4 is 0 Å². The second-order valence-corrected chi connectivity index (χ2v) is 16.3. The van der Waals surface area contributed by atoms with E-state index in [4.69, 9.17) is 19.9 Å². The fraction of sp³-hybridized carbons (Fsp3) is 0.127. The number of aryl methyl sites for hydroxylation is 2. The number of allylic oxidation sites excluding steroid dienone is 5. The van der Waals surface area contributed by atoms with Crippen LogP contribution in [-0.2, 0) is 0 Å². The van der Waals surface area contributed by atoms with Gasteiger partial charge in [-0.05, 0) is 120 Å². The maximum Gasteiger partial charge on any atom is 0.160 e. The summed E-state index contributed by atoms with van der Waals surface area (Å²) >= 11 is 0. The van der Waals surface area contributed by atoms with Gasteiger partial charge in [0.2, 0.25) is 0 Å². The Morgan fingerprint density at radius 3 is 2.10 bits per heavy atom. The largest absolute Gasteiger partial charge is 0.269 e. The summed E-state index contributed by atoms with van der Waals surface area (Å²) in [4.78, 5) is 30.4. The molecule has 0 saturated carbocycles. The van der Waals surface area contributed by atoms with E-state index in [1.807, 2.05) is 36.9 Å². The highest BCUT2D eigenvalue weighted by Crippen LogP contribution is 2.45.